The van der Waals surface area contributed by atoms with E-state index in [0.29, 0.717) is 5.13 Å². The zero-order chi connectivity index (χ0) is 10.7. The standard InChI is InChI=1S/C12H14N2S/c1-9-2-4-10(5-3-9)6-7-11-8-15-12(13)14-11/h2-5,8H,6-7H2,1H3,(H2,13,14). The Bertz CT molecular complexity index is 431. The molecule has 0 saturated heterocycles. The summed E-state index contributed by atoms with van der Waals surface area (Å²) in [5.74, 6) is 0. The van der Waals surface area contributed by atoms with E-state index >= 15 is 0 Å². The number of thiazole rings is 1. The highest BCUT2D eigenvalue weighted by atomic mass is 32.1. The van der Waals surface area contributed by atoms with Crippen LogP contribution in [0.4, 0.5) is 5.13 Å². The molecule has 0 bridgehead atoms. The monoisotopic (exact) mass is 218 g/mol. The molecule has 0 aliphatic heterocycles. The molecule has 0 spiro atoms. The largest absolute Gasteiger partial charge is 0.375 e. The number of hydrogen-bond acceptors (Lipinski definition) is 3. The summed E-state index contributed by atoms with van der Waals surface area (Å²) < 4.78 is 0. The van der Waals surface area contributed by atoms with Gasteiger partial charge in [0.25, 0.3) is 0 Å². The molecule has 2 rings (SSSR count). The van der Waals surface area contributed by atoms with Crippen LogP contribution < -0.4 is 5.73 Å². The first kappa shape index (κ1) is 10.2. The number of anilines is 1. The Labute approximate surface area is 93.8 Å². The van der Waals surface area contributed by atoms with E-state index in [1.54, 1.807) is 0 Å². The number of nitrogens with two attached hydrogens (primary N) is 1. The summed E-state index contributed by atoms with van der Waals surface area (Å²) in [5, 5.41) is 2.69. The van der Waals surface area contributed by atoms with E-state index in [1.165, 1.54) is 22.5 Å². The van der Waals surface area contributed by atoms with Crippen LogP contribution in [0.5, 0.6) is 0 Å². The first-order valence-corrected chi connectivity index (χ1v) is 5.87. The van der Waals surface area contributed by atoms with Crippen LogP contribution >= 0.6 is 11.3 Å². The maximum absolute atomic E-state index is 5.57. The zero-order valence-electron chi connectivity index (χ0n) is 8.73. The maximum Gasteiger partial charge on any atom is 0.180 e. The van der Waals surface area contributed by atoms with E-state index in [1.807, 2.05) is 5.38 Å². The second-order valence-electron chi connectivity index (χ2n) is 3.66. The summed E-state index contributed by atoms with van der Waals surface area (Å²) in [6, 6.07) is 8.63. The lowest BCUT2D eigenvalue weighted by Gasteiger charge is -1.99. The molecule has 2 aromatic rings. The highest BCUT2D eigenvalue weighted by molar-refractivity contribution is 7.13. The zero-order valence-corrected chi connectivity index (χ0v) is 9.55. The highest BCUT2D eigenvalue weighted by Crippen LogP contribution is 2.13. The molecule has 0 radical (unpaired) electrons. The molecule has 0 saturated carbocycles. The highest BCUT2D eigenvalue weighted by Gasteiger charge is 1.99. The molecule has 2 nitrogen and oxygen atoms in total. The fourth-order valence-electron chi connectivity index (χ4n) is 1.46. The normalized spacial score (nSPS) is 10.5. The molecular formula is C12H14N2S. The lowest BCUT2D eigenvalue weighted by atomic mass is 10.1. The van der Waals surface area contributed by atoms with E-state index in [-0.39, 0.29) is 0 Å². The van der Waals surface area contributed by atoms with Crippen molar-refractivity contribution in [2.75, 3.05) is 5.73 Å². The van der Waals surface area contributed by atoms with Gasteiger partial charge in [0.15, 0.2) is 5.13 Å². The van der Waals surface area contributed by atoms with Crippen LogP contribution in [0, 0.1) is 6.92 Å². The van der Waals surface area contributed by atoms with E-state index < -0.39 is 0 Å². The van der Waals surface area contributed by atoms with Gasteiger partial charge in [-0.3, -0.25) is 0 Å². The van der Waals surface area contributed by atoms with Gasteiger partial charge in [-0.2, -0.15) is 0 Å². The molecule has 3 heteroatoms. The minimum Gasteiger partial charge on any atom is -0.375 e. The van der Waals surface area contributed by atoms with Crippen LogP contribution in [0.2, 0.25) is 0 Å². The molecular weight excluding hydrogens is 204 g/mol. The quantitative estimate of drug-likeness (QED) is 0.860. The van der Waals surface area contributed by atoms with E-state index in [9.17, 15) is 0 Å². The number of nitrogens with zero attached hydrogens (tertiary/aromatic N) is 1. The van der Waals surface area contributed by atoms with Gasteiger partial charge in [0.05, 0.1) is 5.69 Å². The van der Waals surface area contributed by atoms with Crippen molar-refractivity contribution < 1.29 is 0 Å². The number of aryl methyl sites for hydroxylation is 3. The summed E-state index contributed by atoms with van der Waals surface area (Å²) >= 11 is 1.51. The second kappa shape index (κ2) is 4.45. The van der Waals surface area contributed by atoms with E-state index in [4.69, 9.17) is 5.73 Å². The van der Waals surface area contributed by atoms with Gasteiger partial charge in [-0.1, -0.05) is 29.8 Å². The van der Waals surface area contributed by atoms with Crippen LogP contribution in [-0.2, 0) is 12.8 Å². The molecule has 1 aromatic heterocycles. The Morgan fingerprint density at radius 3 is 2.53 bits per heavy atom. The lowest BCUT2D eigenvalue weighted by Crippen LogP contribution is -1.92. The van der Waals surface area contributed by atoms with Crippen LogP contribution in [0.25, 0.3) is 0 Å². The van der Waals surface area contributed by atoms with Crippen molar-refractivity contribution in [2.24, 2.45) is 0 Å². The van der Waals surface area contributed by atoms with Gasteiger partial charge < -0.3 is 5.73 Å². The molecule has 1 heterocycles. The van der Waals surface area contributed by atoms with Crippen molar-refractivity contribution in [2.45, 2.75) is 19.8 Å². The fourth-order valence-corrected chi connectivity index (χ4v) is 2.06. The summed E-state index contributed by atoms with van der Waals surface area (Å²) in [6.45, 7) is 2.10. The van der Waals surface area contributed by atoms with Gasteiger partial charge in [-0.15, -0.1) is 11.3 Å². The van der Waals surface area contributed by atoms with Crippen LogP contribution in [0.15, 0.2) is 29.6 Å². The van der Waals surface area contributed by atoms with Gasteiger partial charge in [-0.05, 0) is 25.3 Å². The molecule has 0 unspecified atom stereocenters. The average molecular weight is 218 g/mol. The maximum atomic E-state index is 5.57. The third-order valence-electron chi connectivity index (χ3n) is 2.36. The summed E-state index contributed by atoms with van der Waals surface area (Å²) in [6.07, 6.45) is 2.00. The van der Waals surface area contributed by atoms with Gasteiger partial charge >= 0.3 is 0 Å². The predicted molar refractivity (Wildman–Crippen MR) is 65.1 cm³/mol. The Morgan fingerprint density at radius 1 is 1.20 bits per heavy atom. The van der Waals surface area contributed by atoms with Gasteiger partial charge in [0.1, 0.15) is 0 Å². The molecule has 1 aromatic carbocycles. The molecule has 15 heavy (non-hydrogen) atoms. The summed E-state index contributed by atoms with van der Waals surface area (Å²) in [5.41, 5.74) is 9.33. The number of rotatable bonds is 3. The molecule has 78 valence electrons. The minimum absolute atomic E-state index is 0.661. The molecule has 2 N–H and O–H groups in total. The first-order chi connectivity index (χ1) is 7.24. The van der Waals surface area contributed by atoms with Crippen molar-refractivity contribution in [3.8, 4) is 0 Å². The van der Waals surface area contributed by atoms with Gasteiger partial charge in [0, 0.05) is 5.38 Å². The minimum atomic E-state index is 0.661. The SMILES string of the molecule is Cc1ccc(CCc2csc(N)n2)cc1. The Balaban J connectivity index is 1.96. The summed E-state index contributed by atoms with van der Waals surface area (Å²) in [7, 11) is 0. The van der Waals surface area contributed by atoms with Crippen molar-refractivity contribution in [3.05, 3.63) is 46.5 Å². The smallest absolute Gasteiger partial charge is 0.180 e. The number of aromatic nitrogens is 1. The number of benzene rings is 1. The van der Waals surface area contributed by atoms with E-state index in [2.05, 4.69) is 36.2 Å². The molecule has 0 atom stereocenters. The molecule has 0 amide bonds. The van der Waals surface area contributed by atoms with Crippen molar-refractivity contribution >= 4 is 16.5 Å². The third-order valence-corrected chi connectivity index (χ3v) is 3.08. The number of hydrogen-bond donors (Lipinski definition) is 1. The molecule has 0 aliphatic carbocycles. The Morgan fingerprint density at radius 2 is 1.93 bits per heavy atom. The predicted octanol–water partition coefficient (Wildman–Crippen LogP) is 2.82. The Hall–Kier alpha value is -1.35. The summed E-state index contributed by atoms with van der Waals surface area (Å²) in [4.78, 5) is 4.24. The molecule has 0 aliphatic rings. The van der Waals surface area contributed by atoms with Crippen LogP contribution in [0.1, 0.15) is 16.8 Å². The van der Waals surface area contributed by atoms with Gasteiger partial charge in [0.2, 0.25) is 0 Å². The van der Waals surface area contributed by atoms with Gasteiger partial charge in [-0.25, -0.2) is 4.98 Å². The lowest BCUT2D eigenvalue weighted by molar-refractivity contribution is 0.927. The van der Waals surface area contributed by atoms with Crippen LogP contribution in [0.3, 0.4) is 0 Å². The average Bonchev–Trinajstić information content (AvgIpc) is 2.64. The van der Waals surface area contributed by atoms with Crippen molar-refractivity contribution in [3.63, 3.8) is 0 Å². The Kier molecular flexibility index (Phi) is 3.02. The first-order valence-electron chi connectivity index (χ1n) is 4.99. The van der Waals surface area contributed by atoms with Crippen molar-refractivity contribution in [1.82, 2.24) is 4.98 Å². The molecule has 0 fully saturated rings. The van der Waals surface area contributed by atoms with Crippen LogP contribution in [-0.4, -0.2) is 4.98 Å². The van der Waals surface area contributed by atoms with E-state index in [0.717, 1.165) is 18.5 Å². The number of nitrogen functional groups attached to an aromatic ring is 1. The second-order valence-corrected chi connectivity index (χ2v) is 4.55. The van der Waals surface area contributed by atoms with Crippen molar-refractivity contribution in [1.29, 1.82) is 0 Å². The topological polar surface area (TPSA) is 38.9 Å². The third kappa shape index (κ3) is 2.80. The fraction of sp³-hybridized carbons (Fsp3) is 0.250.